The monoisotopic (exact) mass is 649 g/mol. The number of aliphatic hydroxyl groups excluding tert-OH is 1. The lowest BCUT2D eigenvalue weighted by Gasteiger charge is -2.34. The molecule has 0 amide bonds. The van der Waals surface area contributed by atoms with Gasteiger partial charge in [0.25, 0.3) is 5.56 Å². The number of benzene rings is 2. The first-order chi connectivity index (χ1) is 20.8. The topological polar surface area (TPSA) is 178 Å². The van der Waals surface area contributed by atoms with Gasteiger partial charge in [0.2, 0.25) is 5.72 Å². The van der Waals surface area contributed by atoms with Gasteiger partial charge in [-0.3, -0.25) is 23.7 Å². The standard InChI is InChI=1S/C29H33ClN3O10P/c1-5-29(38,33-16-15-25(34)31-28(33)37)26(35)24(40-4)18-41-44(39,43-22-13-11-21(30)12-14-22)32-23(27(36)42-19(2)3)17-20-9-7-6-8-10-20/h1,6-16,19,23-24,26,35,38H,17-18H2,2-4H3,(H,32,39)(H,31,34,37)/t23-,24+,26+,29+,44?/m0/s1. The SMILES string of the molecule is C#C[C@@](O)([C@H](O)[C@@H](COP(=O)(N[C@@H](Cc1ccccc1)C(=O)OC(C)C)Oc1ccc(Cl)cc1)OC)n1ccc(=O)[nH]c1=O. The van der Waals surface area contributed by atoms with Crippen LogP contribution in [-0.4, -0.2) is 63.8 Å². The minimum Gasteiger partial charge on any atom is -0.462 e. The van der Waals surface area contributed by atoms with Gasteiger partial charge in [0.15, 0.2) is 0 Å². The molecule has 0 fully saturated rings. The highest BCUT2D eigenvalue weighted by molar-refractivity contribution is 7.52. The quantitative estimate of drug-likeness (QED) is 0.108. The number of carbonyl (C=O) groups is 1. The molecule has 0 saturated heterocycles. The van der Waals surface area contributed by atoms with E-state index >= 15 is 0 Å². The lowest BCUT2D eigenvalue weighted by molar-refractivity contribution is -0.154. The number of terminal acetylenes is 1. The van der Waals surface area contributed by atoms with E-state index in [0.29, 0.717) is 15.2 Å². The molecule has 0 radical (unpaired) electrons. The van der Waals surface area contributed by atoms with E-state index in [1.165, 1.54) is 24.3 Å². The zero-order chi connectivity index (χ0) is 32.5. The van der Waals surface area contributed by atoms with E-state index in [-0.39, 0.29) is 12.2 Å². The Morgan fingerprint density at radius 1 is 1.16 bits per heavy atom. The molecule has 4 N–H and O–H groups in total. The number of carbonyl (C=O) groups excluding carboxylic acids is 1. The third kappa shape index (κ3) is 9.14. The van der Waals surface area contributed by atoms with Crippen LogP contribution >= 0.6 is 19.3 Å². The van der Waals surface area contributed by atoms with Crippen molar-refractivity contribution in [3.05, 3.63) is 98.3 Å². The van der Waals surface area contributed by atoms with Crippen LogP contribution in [0.5, 0.6) is 5.75 Å². The molecule has 0 saturated carbocycles. The fraction of sp³-hybridized carbons (Fsp3) is 0.345. The van der Waals surface area contributed by atoms with Gasteiger partial charge in [0.1, 0.15) is 24.0 Å². The minimum absolute atomic E-state index is 0.0338. The van der Waals surface area contributed by atoms with Crippen molar-refractivity contribution < 1.29 is 38.1 Å². The summed E-state index contributed by atoms with van der Waals surface area (Å²) in [5.74, 6) is 1.24. The number of aromatic nitrogens is 2. The first-order valence-corrected chi connectivity index (χ1v) is 15.2. The van der Waals surface area contributed by atoms with Crippen LogP contribution in [0.4, 0.5) is 0 Å². The van der Waals surface area contributed by atoms with Crippen LogP contribution in [0, 0.1) is 12.3 Å². The molecule has 3 aromatic rings. The zero-order valence-electron chi connectivity index (χ0n) is 24.1. The molecule has 5 atom stereocenters. The largest absolute Gasteiger partial charge is 0.462 e. The van der Waals surface area contributed by atoms with Crippen LogP contribution in [-0.2, 0) is 35.5 Å². The van der Waals surface area contributed by atoms with Gasteiger partial charge in [0, 0.05) is 24.4 Å². The summed E-state index contributed by atoms with van der Waals surface area (Å²) in [6.07, 6.45) is 2.31. The van der Waals surface area contributed by atoms with E-state index in [1.54, 1.807) is 44.2 Å². The molecule has 0 bridgehead atoms. The normalized spacial score (nSPS) is 16.1. The second-order valence-electron chi connectivity index (χ2n) is 9.77. The molecular formula is C29H33ClN3O10P. The van der Waals surface area contributed by atoms with Gasteiger partial charge in [-0.15, -0.1) is 6.42 Å². The van der Waals surface area contributed by atoms with Crippen LogP contribution in [0.3, 0.4) is 0 Å². The highest BCUT2D eigenvalue weighted by Gasteiger charge is 2.44. The molecule has 3 rings (SSSR count). The van der Waals surface area contributed by atoms with Crippen molar-refractivity contribution >= 4 is 25.3 Å². The number of hydrogen-bond donors (Lipinski definition) is 4. The van der Waals surface area contributed by atoms with Crippen LogP contribution in [0.2, 0.25) is 5.02 Å². The average molecular weight is 650 g/mol. The minimum atomic E-state index is -4.54. The maximum atomic E-state index is 14.3. The number of aromatic amines is 1. The highest BCUT2D eigenvalue weighted by Crippen LogP contribution is 2.46. The maximum absolute atomic E-state index is 14.3. The Labute approximate surface area is 258 Å². The lowest BCUT2D eigenvalue weighted by Crippen LogP contribution is -2.56. The maximum Gasteiger partial charge on any atom is 0.459 e. The molecule has 2 aromatic carbocycles. The number of rotatable bonds is 15. The first kappa shape index (κ1) is 34.8. The van der Waals surface area contributed by atoms with Gasteiger partial charge >= 0.3 is 19.4 Å². The second-order valence-corrected chi connectivity index (χ2v) is 11.9. The molecule has 0 spiro atoms. The van der Waals surface area contributed by atoms with Gasteiger partial charge < -0.3 is 24.2 Å². The third-order valence-corrected chi connectivity index (χ3v) is 7.97. The van der Waals surface area contributed by atoms with E-state index in [2.05, 4.69) is 5.09 Å². The molecular weight excluding hydrogens is 617 g/mol. The Kier molecular flexibility index (Phi) is 12.1. The van der Waals surface area contributed by atoms with Crippen LogP contribution in [0.1, 0.15) is 19.4 Å². The van der Waals surface area contributed by atoms with Crippen LogP contribution < -0.4 is 20.9 Å². The predicted octanol–water partition coefficient (Wildman–Crippen LogP) is 2.20. The summed E-state index contributed by atoms with van der Waals surface area (Å²) in [6, 6.07) is 14.3. The van der Waals surface area contributed by atoms with E-state index in [9.17, 15) is 29.2 Å². The van der Waals surface area contributed by atoms with Crippen LogP contribution in [0.25, 0.3) is 0 Å². The predicted molar refractivity (Wildman–Crippen MR) is 161 cm³/mol. The molecule has 0 aliphatic rings. The number of H-pyrrole nitrogens is 1. The molecule has 236 valence electrons. The summed E-state index contributed by atoms with van der Waals surface area (Å²) in [7, 11) is -3.40. The van der Waals surface area contributed by atoms with Crippen molar-refractivity contribution in [1.82, 2.24) is 14.6 Å². The third-order valence-electron chi connectivity index (χ3n) is 6.15. The molecule has 44 heavy (non-hydrogen) atoms. The van der Waals surface area contributed by atoms with E-state index < -0.39 is 61.7 Å². The summed E-state index contributed by atoms with van der Waals surface area (Å²) < 4.78 is 36.8. The lowest BCUT2D eigenvalue weighted by atomic mass is 10.0. The van der Waals surface area contributed by atoms with Gasteiger partial charge in [-0.25, -0.2) is 9.36 Å². The fourth-order valence-corrected chi connectivity index (χ4v) is 5.59. The molecule has 0 aliphatic carbocycles. The van der Waals surface area contributed by atoms with Crippen molar-refractivity contribution in [1.29, 1.82) is 0 Å². The Morgan fingerprint density at radius 2 is 1.82 bits per heavy atom. The van der Waals surface area contributed by atoms with Crippen molar-refractivity contribution in [3.63, 3.8) is 0 Å². The number of nitrogens with zero attached hydrogens (tertiary/aromatic N) is 1. The molecule has 13 nitrogen and oxygen atoms in total. The summed E-state index contributed by atoms with van der Waals surface area (Å²) in [5.41, 5.74) is -3.91. The number of hydrogen-bond acceptors (Lipinski definition) is 10. The van der Waals surface area contributed by atoms with E-state index in [4.69, 9.17) is 36.5 Å². The van der Waals surface area contributed by atoms with Crippen molar-refractivity contribution in [2.75, 3.05) is 13.7 Å². The smallest absolute Gasteiger partial charge is 0.459 e. The Morgan fingerprint density at radius 3 is 2.39 bits per heavy atom. The molecule has 15 heteroatoms. The summed E-state index contributed by atoms with van der Waals surface area (Å²) in [4.78, 5) is 38.9. The fourth-order valence-electron chi connectivity index (χ4n) is 3.96. The first-order valence-electron chi connectivity index (χ1n) is 13.3. The number of ether oxygens (including phenoxy) is 2. The zero-order valence-corrected chi connectivity index (χ0v) is 25.7. The summed E-state index contributed by atoms with van der Waals surface area (Å²) in [5, 5.41) is 25.2. The molecule has 0 aliphatic heterocycles. The molecule has 1 unspecified atom stereocenters. The number of methoxy groups -OCH3 is 1. The summed E-state index contributed by atoms with van der Waals surface area (Å²) in [6.45, 7) is 2.57. The number of nitrogens with one attached hydrogen (secondary N) is 2. The summed E-state index contributed by atoms with van der Waals surface area (Å²) >= 11 is 5.97. The van der Waals surface area contributed by atoms with Crippen molar-refractivity contribution in [3.8, 4) is 18.1 Å². The number of aliphatic hydroxyl groups is 2. The number of halogens is 1. The number of esters is 1. The molecule has 1 heterocycles. The van der Waals surface area contributed by atoms with Gasteiger partial charge in [-0.2, -0.15) is 5.09 Å². The average Bonchev–Trinajstić information content (AvgIpc) is 2.98. The Bertz CT molecular complexity index is 1610. The van der Waals surface area contributed by atoms with Crippen LogP contribution in [0.15, 0.2) is 76.4 Å². The molecule has 1 aromatic heterocycles. The van der Waals surface area contributed by atoms with Crippen molar-refractivity contribution in [2.45, 2.75) is 50.3 Å². The Hall–Kier alpha value is -3.73. The van der Waals surface area contributed by atoms with E-state index in [1.807, 2.05) is 10.9 Å². The highest BCUT2D eigenvalue weighted by atomic mass is 35.5. The Balaban J connectivity index is 1.95. The van der Waals surface area contributed by atoms with Crippen molar-refractivity contribution in [2.24, 2.45) is 0 Å². The second kappa shape index (κ2) is 15.3. The van der Waals surface area contributed by atoms with Gasteiger partial charge in [-0.1, -0.05) is 41.9 Å². The van der Waals surface area contributed by atoms with E-state index in [0.717, 1.165) is 19.4 Å². The van der Waals surface area contributed by atoms with Gasteiger partial charge in [0.05, 0.1) is 12.7 Å². The van der Waals surface area contributed by atoms with Gasteiger partial charge in [-0.05, 0) is 56.0 Å².